The molecule has 0 saturated carbocycles. The number of anilines is 1. The van der Waals surface area contributed by atoms with E-state index in [1.807, 2.05) is 6.92 Å². The zero-order chi connectivity index (χ0) is 9.80. The molecule has 0 radical (unpaired) electrons. The number of hydrogen-bond donors (Lipinski definition) is 1. The molecule has 3 nitrogen and oxygen atoms in total. The van der Waals surface area contributed by atoms with E-state index in [0.29, 0.717) is 0 Å². The highest BCUT2D eigenvalue weighted by Crippen LogP contribution is 2.12. The van der Waals surface area contributed by atoms with Crippen LogP contribution in [-0.4, -0.2) is 15.9 Å². The lowest BCUT2D eigenvalue weighted by Crippen LogP contribution is -2.03. The predicted octanol–water partition coefficient (Wildman–Crippen LogP) is 2.56. The highest BCUT2D eigenvalue weighted by molar-refractivity contribution is 7.10. The average molecular weight is 225 g/mol. The Hall–Kier alpha value is -0.940. The van der Waals surface area contributed by atoms with Crippen LogP contribution in [0.3, 0.4) is 0 Å². The van der Waals surface area contributed by atoms with Crippen LogP contribution in [0.25, 0.3) is 0 Å². The third-order valence-corrected chi connectivity index (χ3v) is 3.46. The van der Waals surface area contributed by atoms with Gasteiger partial charge in [-0.05, 0) is 24.8 Å². The van der Waals surface area contributed by atoms with Gasteiger partial charge in [-0.3, -0.25) is 0 Å². The van der Waals surface area contributed by atoms with E-state index in [1.165, 1.54) is 16.4 Å². The first-order chi connectivity index (χ1) is 6.84. The Morgan fingerprint density at radius 3 is 3.07 bits per heavy atom. The van der Waals surface area contributed by atoms with Crippen LogP contribution in [0.4, 0.5) is 5.13 Å². The van der Waals surface area contributed by atoms with Gasteiger partial charge in [-0.15, -0.1) is 11.3 Å². The molecule has 0 fully saturated rings. The molecule has 0 amide bonds. The monoisotopic (exact) mass is 225 g/mol. The van der Waals surface area contributed by atoms with Crippen molar-refractivity contribution in [2.45, 2.75) is 13.3 Å². The fraction of sp³-hybridized carbons (Fsp3) is 0.333. The molecule has 0 unspecified atom stereocenters. The summed E-state index contributed by atoms with van der Waals surface area (Å²) >= 11 is 3.21. The summed E-state index contributed by atoms with van der Waals surface area (Å²) in [4.78, 5) is 5.63. The largest absolute Gasteiger partial charge is 0.360 e. The van der Waals surface area contributed by atoms with Crippen molar-refractivity contribution in [3.05, 3.63) is 28.2 Å². The first-order valence-corrected chi connectivity index (χ1v) is 6.06. The summed E-state index contributed by atoms with van der Waals surface area (Å²) in [5.41, 5.74) is 0. The van der Waals surface area contributed by atoms with Crippen LogP contribution in [0.1, 0.15) is 10.7 Å². The lowest BCUT2D eigenvalue weighted by Gasteiger charge is -1.98. The number of hydrogen-bond acceptors (Lipinski definition) is 5. The van der Waals surface area contributed by atoms with E-state index < -0.39 is 0 Å². The van der Waals surface area contributed by atoms with Gasteiger partial charge in [-0.1, -0.05) is 6.07 Å². The van der Waals surface area contributed by atoms with E-state index in [9.17, 15) is 0 Å². The number of nitrogens with zero attached hydrogens (tertiary/aromatic N) is 2. The number of aryl methyl sites for hydroxylation is 1. The van der Waals surface area contributed by atoms with Crippen LogP contribution in [0.15, 0.2) is 17.5 Å². The molecule has 0 spiro atoms. The maximum absolute atomic E-state index is 4.23. The Labute approximate surface area is 91.0 Å². The first-order valence-electron chi connectivity index (χ1n) is 4.41. The maximum Gasteiger partial charge on any atom is 0.202 e. The molecule has 2 aromatic heterocycles. The first kappa shape index (κ1) is 9.61. The highest BCUT2D eigenvalue weighted by atomic mass is 32.1. The second kappa shape index (κ2) is 4.52. The molecule has 2 aromatic rings. The second-order valence-electron chi connectivity index (χ2n) is 2.90. The Morgan fingerprint density at radius 1 is 1.50 bits per heavy atom. The number of nitrogens with one attached hydrogen (secondary N) is 1. The third-order valence-electron chi connectivity index (χ3n) is 1.76. The molecule has 0 aliphatic carbocycles. The van der Waals surface area contributed by atoms with Crippen molar-refractivity contribution >= 4 is 28.0 Å². The molecule has 74 valence electrons. The van der Waals surface area contributed by atoms with Crippen molar-refractivity contribution < 1.29 is 0 Å². The fourth-order valence-electron chi connectivity index (χ4n) is 1.12. The minimum absolute atomic E-state index is 0.841. The highest BCUT2D eigenvalue weighted by Gasteiger charge is 1.98. The quantitative estimate of drug-likeness (QED) is 0.869. The van der Waals surface area contributed by atoms with Crippen molar-refractivity contribution in [2.75, 3.05) is 11.9 Å². The van der Waals surface area contributed by atoms with Crippen LogP contribution in [-0.2, 0) is 6.42 Å². The third kappa shape index (κ3) is 2.52. The lowest BCUT2D eigenvalue weighted by molar-refractivity contribution is 1.03. The average Bonchev–Trinajstić information content (AvgIpc) is 2.77. The normalized spacial score (nSPS) is 10.4. The van der Waals surface area contributed by atoms with E-state index in [0.717, 1.165) is 23.9 Å². The van der Waals surface area contributed by atoms with Crippen molar-refractivity contribution in [3.63, 3.8) is 0 Å². The molecular weight excluding hydrogens is 214 g/mol. The van der Waals surface area contributed by atoms with Crippen LogP contribution in [0.5, 0.6) is 0 Å². The molecule has 0 aliphatic heterocycles. The van der Waals surface area contributed by atoms with Crippen LogP contribution in [0.2, 0.25) is 0 Å². The molecule has 0 aromatic carbocycles. The Balaban J connectivity index is 1.78. The molecule has 1 N–H and O–H groups in total. The lowest BCUT2D eigenvalue weighted by atomic mass is 10.3. The Bertz CT molecular complexity index is 380. The van der Waals surface area contributed by atoms with E-state index >= 15 is 0 Å². The van der Waals surface area contributed by atoms with Gasteiger partial charge in [0, 0.05) is 23.0 Å². The van der Waals surface area contributed by atoms with Gasteiger partial charge in [0.1, 0.15) is 5.82 Å². The molecule has 5 heteroatoms. The smallest absolute Gasteiger partial charge is 0.202 e. The minimum Gasteiger partial charge on any atom is -0.360 e. The fourth-order valence-corrected chi connectivity index (χ4v) is 2.42. The van der Waals surface area contributed by atoms with E-state index in [-0.39, 0.29) is 0 Å². The predicted molar refractivity (Wildman–Crippen MR) is 61.2 cm³/mol. The van der Waals surface area contributed by atoms with Crippen molar-refractivity contribution in [3.8, 4) is 0 Å². The molecule has 0 saturated heterocycles. The SMILES string of the molecule is Cc1nsc(NCCc2cccs2)n1. The summed E-state index contributed by atoms with van der Waals surface area (Å²) in [5.74, 6) is 0.841. The summed E-state index contributed by atoms with van der Waals surface area (Å²) < 4.78 is 4.10. The minimum atomic E-state index is 0.841. The van der Waals surface area contributed by atoms with Gasteiger partial charge in [0.05, 0.1) is 0 Å². The molecule has 2 rings (SSSR count). The van der Waals surface area contributed by atoms with Gasteiger partial charge >= 0.3 is 0 Å². The summed E-state index contributed by atoms with van der Waals surface area (Å²) in [5, 5.41) is 6.27. The van der Waals surface area contributed by atoms with Gasteiger partial charge in [0.25, 0.3) is 0 Å². The summed E-state index contributed by atoms with van der Waals surface area (Å²) in [6.07, 6.45) is 1.05. The molecule has 14 heavy (non-hydrogen) atoms. The number of thiophene rings is 1. The Kier molecular flexibility index (Phi) is 3.10. The van der Waals surface area contributed by atoms with Gasteiger partial charge in [-0.2, -0.15) is 4.37 Å². The van der Waals surface area contributed by atoms with E-state index in [1.54, 1.807) is 11.3 Å². The van der Waals surface area contributed by atoms with E-state index in [4.69, 9.17) is 0 Å². The molecule has 0 atom stereocenters. The standard InChI is InChI=1S/C9H11N3S2/c1-7-11-9(14-12-7)10-5-4-8-3-2-6-13-8/h2-3,6H,4-5H2,1H3,(H,10,11,12). The molecule has 0 aliphatic rings. The topological polar surface area (TPSA) is 37.8 Å². The second-order valence-corrected chi connectivity index (χ2v) is 4.69. The van der Waals surface area contributed by atoms with Crippen LogP contribution < -0.4 is 5.32 Å². The molecular formula is C9H11N3S2. The van der Waals surface area contributed by atoms with Crippen molar-refractivity contribution in [2.24, 2.45) is 0 Å². The summed E-state index contributed by atoms with van der Waals surface area (Å²) in [6, 6.07) is 4.23. The molecule has 2 heterocycles. The van der Waals surface area contributed by atoms with Gasteiger partial charge in [0.2, 0.25) is 5.13 Å². The number of aromatic nitrogens is 2. The summed E-state index contributed by atoms with van der Waals surface area (Å²) in [6.45, 7) is 2.83. The number of rotatable bonds is 4. The van der Waals surface area contributed by atoms with Crippen molar-refractivity contribution in [1.29, 1.82) is 0 Å². The summed E-state index contributed by atoms with van der Waals surface area (Å²) in [7, 11) is 0. The van der Waals surface area contributed by atoms with Crippen molar-refractivity contribution in [1.82, 2.24) is 9.36 Å². The molecule has 0 bridgehead atoms. The maximum atomic E-state index is 4.23. The zero-order valence-corrected chi connectivity index (χ0v) is 9.49. The van der Waals surface area contributed by atoms with Gasteiger partial charge < -0.3 is 5.32 Å². The van der Waals surface area contributed by atoms with Crippen LogP contribution >= 0.6 is 22.9 Å². The Morgan fingerprint density at radius 2 is 2.43 bits per heavy atom. The van der Waals surface area contributed by atoms with Gasteiger partial charge in [0.15, 0.2) is 0 Å². The van der Waals surface area contributed by atoms with E-state index in [2.05, 4.69) is 32.2 Å². The zero-order valence-electron chi connectivity index (χ0n) is 7.86. The van der Waals surface area contributed by atoms with Gasteiger partial charge in [-0.25, -0.2) is 4.98 Å². The van der Waals surface area contributed by atoms with Crippen LogP contribution in [0, 0.1) is 6.92 Å².